The van der Waals surface area contributed by atoms with Crippen LogP contribution in [0.2, 0.25) is 0 Å². The van der Waals surface area contributed by atoms with Gasteiger partial charge in [0.15, 0.2) is 0 Å². The molecule has 2 saturated heterocycles. The molecule has 148 valence electrons. The molecule has 2 aliphatic carbocycles. The first-order valence-electron chi connectivity index (χ1n) is 11.1. The molecular formula is C22H42FeP2. The fourth-order valence-corrected chi connectivity index (χ4v) is 14.6. The largest absolute Gasteiger partial charge is 0.0977 e. The molecule has 4 rings (SSSR count). The van der Waals surface area contributed by atoms with Crippen molar-refractivity contribution < 1.29 is 17.1 Å². The first-order chi connectivity index (χ1) is 11.6. The summed E-state index contributed by atoms with van der Waals surface area (Å²) in [6, 6.07) is 0. The normalized spacial score (nSPS) is 37.9. The van der Waals surface area contributed by atoms with Crippen molar-refractivity contribution >= 4 is 15.8 Å². The molecule has 0 spiro atoms. The van der Waals surface area contributed by atoms with Gasteiger partial charge in [-0.2, -0.15) is 0 Å². The molecule has 4 aliphatic rings. The number of hydrogen-bond donors (Lipinski definition) is 0. The molecule has 0 aromatic rings. The molecule has 2 aliphatic heterocycles. The zero-order valence-electron chi connectivity index (χ0n) is 17.2. The van der Waals surface area contributed by atoms with Crippen molar-refractivity contribution in [3.8, 4) is 0 Å². The molecule has 3 heteroatoms. The van der Waals surface area contributed by atoms with E-state index >= 15 is 0 Å². The second kappa shape index (κ2) is 10.8. The first-order valence-corrected chi connectivity index (χ1v) is 14.2. The van der Waals surface area contributed by atoms with E-state index in [1.54, 1.807) is 25.7 Å². The van der Waals surface area contributed by atoms with Crippen LogP contribution in [0.5, 0.6) is 0 Å². The smallest absolute Gasteiger partial charge is 0 e. The summed E-state index contributed by atoms with van der Waals surface area (Å²) in [5, 5.41) is 0. The van der Waals surface area contributed by atoms with Crippen LogP contribution in [0.4, 0.5) is 0 Å². The summed E-state index contributed by atoms with van der Waals surface area (Å²) in [4.78, 5) is 0. The minimum atomic E-state index is 0. The predicted octanol–water partition coefficient (Wildman–Crippen LogP) is 7.96. The summed E-state index contributed by atoms with van der Waals surface area (Å²) in [7, 11) is 0.863. The third-order valence-electron chi connectivity index (χ3n) is 7.53. The SMILES string of the molecule is C[C@@H]1CC[C@@H](C)P1C1CCCC1.C[C@@H]1CC[C@@H](C)P1C1CCCC1.[Fe]. The van der Waals surface area contributed by atoms with Crippen molar-refractivity contribution in [3.63, 3.8) is 0 Å². The maximum atomic E-state index is 2.51. The van der Waals surface area contributed by atoms with E-state index in [-0.39, 0.29) is 17.1 Å². The minimum Gasteiger partial charge on any atom is -0.0977 e. The number of hydrogen-bond acceptors (Lipinski definition) is 0. The Morgan fingerprint density at radius 3 is 0.920 bits per heavy atom. The van der Waals surface area contributed by atoms with E-state index in [2.05, 4.69) is 27.7 Å². The van der Waals surface area contributed by atoms with Crippen LogP contribution >= 0.6 is 15.8 Å². The molecule has 25 heavy (non-hydrogen) atoms. The third-order valence-corrected chi connectivity index (χ3v) is 15.4. The van der Waals surface area contributed by atoms with Gasteiger partial charge in [-0.3, -0.25) is 0 Å². The Bertz CT molecular complexity index is 320. The van der Waals surface area contributed by atoms with Crippen LogP contribution in [-0.4, -0.2) is 34.0 Å². The molecule has 2 heterocycles. The fourth-order valence-electron chi connectivity index (χ4n) is 6.27. The Morgan fingerprint density at radius 2 is 0.680 bits per heavy atom. The summed E-state index contributed by atoms with van der Waals surface area (Å²) < 4.78 is 0. The monoisotopic (exact) mass is 424 g/mol. The van der Waals surface area contributed by atoms with Gasteiger partial charge in [0, 0.05) is 17.1 Å². The molecule has 0 radical (unpaired) electrons. The van der Waals surface area contributed by atoms with Crippen LogP contribution in [0, 0.1) is 0 Å². The Morgan fingerprint density at radius 1 is 0.440 bits per heavy atom. The van der Waals surface area contributed by atoms with E-state index in [1.165, 1.54) is 62.7 Å². The van der Waals surface area contributed by atoms with Gasteiger partial charge in [-0.1, -0.05) is 69.2 Å². The van der Waals surface area contributed by atoms with Gasteiger partial charge in [-0.25, -0.2) is 0 Å². The van der Waals surface area contributed by atoms with Gasteiger partial charge in [0.2, 0.25) is 0 Å². The first kappa shape index (κ1) is 22.7. The van der Waals surface area contributed by atoms with Gasteiger partial charge in [0.25, 0.3) is 0 Å². The quantitative estimate of drug-likeness (QED) is 0.312. The van der Waals surface area contributed by atoms with Crippen LogP contribution in [0.25, 0.3) is 0 Å². The van der Waals surface area contributed by atoms with Crippen molar-refractivity contribution in [2.75, 3.05) is 0 Å². The molecule has 0 unspecified atom stereocenters. The molecule has 4 fully saturated rings. The molecule has 2 saturated carbocycles. The van der Waals surface area contributed by atoms with Crippen molar-refractivity contribution in [3.05, 3.63) is 0 Å². The van der Waals surface area contributed by atoms with Crippen LogP contribution in [0.15, 0.2) is 0 Å². The second-order valence-electron chi connectivity index (χ2n) is 9.32. The second-order valence-corrected chi connectivity index (χ2v) is 16.1. The summed E-state index contributed by atoms with van der Waals surface area (Å²) in [6.45, 7) is 10.0. The van der Waals surface area contributed by atoms with Crippen molar-refractivity contribution in [2.24, 2.45) is 0 Å². The summed E-state index contributed by atoms with van der Waals surface area (Å²) in [5.41, 5.74) is 6.73. The van der Waals surface area contributed by atoms with E-state index in [1.807, 2.05) is 0 Å². The van der Waals surface area contributed by atoms with Gasteiger partial charge in [-0.05, 0) is 85.3 Å². The zero-order chi connectivity index (χ0) is 17.1. The van der Waals surface area contributed by atoms with E-state index in [9.17, 15) is 0 Å². The molecule has 0 aromatic carbocycles. The van der Waals surface area contributed by atoms with Crippen LogP contribution in [0.1, 0.15) is 105 Å². The van der Waals surface area contributed by atoms with Crippen molar-refractivity contribution in [1.29, 1.82) is 0 Å². The van der Waals surface area contributed by atoms with Gasteiger partial charge in [0.1, 0.15) is 0 Å². The molecule has 0 aromatic heterocycles. The van der Waals surface area contributed by atoms with Crippen LogP contribution < -0.4 is 0 Å². The molecule has 0 amide bonds. The molecule has 4 atom stereocenters. The maximum Gasteiger partial charge on any atom is 0 e. The zero-order valence-corrected chi connectivity index (χ0v) is 20.1. The van der Waals surface area contributed by atoms with Gasteiger partial charge in [0.05, 0.1) is 0 Å². The third kappa shape index (κ3) is 5.69. The molecule has 0 bridgehead atoms. The summed E-state index contributed by atoms with van der Waals surface area (Å²) in [5.74, 6) is 0. The Labute approximate surface area is 171 Å². The fraction of sp³-hybridized carbons (Fsp3) is 1.00. The van der Waals surface area contributed by atoms with E-state index in [0.717, 1.165) is 22.6 Å². The molecular weight excluding hydrogens is 382 g/mol. The van der Waals surface area contributed by atoms with Crippen molar-refractivity contribution in [2.45, 2.75) is 139 Å². The predicted molar refractivity (Wildman–Crippen MR) is 115 cm³/mol. The average Bonchev–Trinajstić information content (AvgIpc) is 3.31. The minimum absolute atomic E-state index is 0. The Balaban J connectivity index is 0.000000173. The van der Waals surface area contributed by atoms with Crippen LogP contribution in [-0.2, 0) is 17.1 Å². The Kier molecular flexibility index (Phi) is 9.79. The standard InChI is InChI=1S/2C11H21P.Fe/c2*1-9-7-8-10(2)12(9)11-5-3-4-6-11;/h2*9-11H,3-8H2,1-2H3;/t2*9-,10-;/m11./s1. The maximum absolute atomic E-state index is 2.51. The van der Waals surface area contributed by atoms with E-state index in [4.69, 9.17) is 0 Å². The van der Waals surface area contributed by atoms with Gasteiger partial charge < -0.3 is 0 Å². The molecule has 0 N–H and O–H groups in total. The Hall–Kier alpha value is 1.38. The topological polar surface area (TPSA) is 0 Å². The van der Waals surface area contributed by atoms with E-state index < -0.39 is 0 Å². The van der Waals surface area contributed by atoms with E-state index in [0.29, 0.717) is 15.8 Å². The van der Waals surface area contributed by atoms with Crippen LogP contribution in [0.3, 0.4) is 0 Å². The van der Waals surface area contributed by atoms with Gasteiger partial charge in [-0.15, -0.1) is 0 Å². The number of rotatable bonds is 2. The molecule has 0 nitrogen and oxygen atoms in total. The van der Waals surface area contributed by atoms with Gasteiger partial charge >= 0.3 is 0 Å². The summed E-state index contributed by atoms with van der Waals surface area (Å²) >= 11 is 0. The average molecular weight is 424 g/mol. The van der Waals surface area contributed by atoms with Crippen molar-refractivity contribution in [1.82, 2.24) is 0 Å². The summed E-state index contributed by atoms with van der Waals surface area (Å²) in [6.07, 6.45) is 18.5.